The van der Waals surface area contributed by atoms with Gasteiger partial charge in [0.1, 0.15) is 11.2 Å². The maximum absolute atomic E-state index is 13.1. The number of nitrogens with zero attached hydrogens (tertiary/aromatic N) is 5. The summed E-state index contributed by atoms with van der Waals surface area (Å²) in [6.45, 7) is 8.16. The van der Waals surface area contributed by atoms with Gasteiger partial charge in [0.05, 0.1) is 18.0 Å². The largest absolute Gasteiger partial charge is 0.494 e. The fourth-order valence-corrected chi connectivity index (χ4v) is 5.41. The van der Waals surface area contributed by atoms with Crippen LogP contribution in [0, 0.1) is 5.41 Å². The summed E-state index contributed by atoms with van der Waals surface area (Å²) >= 11 is 0. The number of benzene rings is 2. The molecule has 0 aliphatic carbocycles. The molecule has 2 aromatic carbocycles. The van der Waals surface area contributed by atoms with Crippen molar-refractivity contribution in [3.05, 3.63) is 77.6 Å². The number of pyridine rings is 1. The van der Waals surface area contributed by atoms with Gasteiger partial charge >= 0.3 is 0 Å². The first-order valence-electron chi connectivity index (χ1n) is 15.5. The van der Waals surface area contributed by atoms with Crippen molar-refractivity contribution in [2.24, 2.45) is 5.41 Å². The number of ether oxygens (including phenoxy) is 1. The minimum Gasteiger partial charge on any atom is -0.494 e. The summed E-state index contributed by atoms with van der Waals surface area (Å²) in [7, 11) is 7.45. The molecule has 4 rings (SSSR count). The third kappa shape index (κ3) is 7.81. The molecule has 3 aromatic rings. The lowest BCUT2D eigenvalue weighted by Gasteiger charge is -2.27. The van der Waals surface area contributed by atoms with Crippen molar-refractivity contribution in [2.45, 2.75) is 40.2 Å². The van der Waals surface area contributed by atoms with Crippen LogP contribution in [0.3, 0.4) is 0 Å². The van der Waals surface area contributed by atoms with Crippen molar-refractivity contribution in [1.82, 2.24) is 15.2 Å². The van der Waals surface area contributed by atoms with Gasteiger partial charge in [-0.15, -0.1) is 0 Å². The van der Waals surface area contributed by atoms with Gasteiger partial charge in [-0.05, 0) is 81.6 Å². The van der Waals surface area contributed by atoms with Crippen molar-refractivity contribution in [3.8, 4) is 5.75 Å². The summed E-state index contributed by atoms with van der Waals surface area (Å²) in [5.74, 6) is 0.205. The number of fused-ring (bicyclic) bond motifs is 1. The summed E-state index contributed by atoms with van der Waals surface area (Å²) in [5.41, 5.74) is 4.02. The third-order valence-corrected chi connectivity index (χ3v) is 8.17. The number of rotatable bonds is 13. The Kier molecular flexibility index (Phi) is 10.8. The second-order valence-electron chi connectivity index (χ2n) is 12.1. The lowest BCUT2D eigenvalue weighted by Crippen LogP contribution is -2.47. The van der Waals surface area contributed by atoms with Gasteiger partial charge in [0, 0.05) is 83.6 Å². The number of likely N-dealkylation sites (N-methyl/N-ethyl adjacent to an activating group) is 1. The first-order valence-corrected chi connectivity index (χ1v) is 15.5. The molecule has 1 N–H and O–H groups in total. The van der Waals surface area contributed by atoms with Crippen LogP contribution in [0.4, 0.5) is 17.1 Å². The Hall–Kier alpha value is -4.44. The van der Waals surface area contributed by atoms with Gasteiger partial charge < -0.3 is 29.7 Å². The van der Waals surface area contributed by atoms with Crippen LogP contribution < -0.4 is 24.8 Å². The molecule has 240 valence electrons. The molecular weight excluding hydrogens is 568 g/mol. The molecule has 0 saturated heterocycles. The van der Waals surface area contributed by atoms with Gasteiger partial charge in [0.25, 0.3) is 5.91 Å². The Balaban J connectivity index is 1.24. The van der Waals surface area contributed by atoms with E-state index in [0.29, 0.717) is 55.5 Å². The molecule has 10 heteroatoms. The van der Waals surface area contributed by atoms with Crippen LogP contribution in [0.5, 0.6) is 5.75 Å². The molecular formula is C35H46N6O4. The Bertz CT molecular complexity index is 1520. The van der Waals surface area contributed by atoms with Crippen LogP contribution in [0.25, 0.3) is 0 Å². The van der Waals surface area contributed by atoms with Crippen molar-refractivity contribution in [1.29, 1.82) is 0 Å². The lowest BCUT2D eigenvalue weighted by atomic mass is 9.90. The first kappa shape index (κ1) is 33.5. The average molecular weight is 615 g/mol. The molecule has 1 aliphatic heterocycles. The van der Waals surface area contributed by atoms with Gasteiger partial charge in [0.2, 0.25) is 11.8 Å². The summed E-state index contributed by atoms with van der Waals surface area (Å²) in [6, 6.07) is 17.3. The van der Waals surface area contributed by atoms with E-state index < -0.39 is 5.41 Å². The van der Waals surface area contributed by atoms with E-state index in [1.807, 2.05) is 87.7 Å². The smallest absolute Gasteiger partial charge is 0.253 e. The van der Waals surface area contributed by atoms with Gasteiger partial charge in [-0.1, -0.05) is 6.07 Å². The molecule has 0 fully saturated rings. The Morgan fingerprint density at radius 2 is 1.78 bits per heavy atom. The van der Waals surface area contributed by atoms with Crippen LogP contribution in [0.15, 0.2) is 60.8 Å². The predicted octanol–water partition coefficient (Wildman–Crippen LogP) is 4.38. The predicted molar refractivity (Wildman–Crippen MR) is 179 cm³/mol. The number of hydrogen-bond donors (Lipinski definition) is 1. The van der Waals surface area contributed by atoms with Gasteiger partial charge in [-0.25, -0.2) is 0 Å². The van der Waals surface area contributed by atoms with E-state index in [1.165, 1.54) is 0 Å². The topological polar surface area (TPSA) is 98.3 Å². The fourth-order valence-electron chi connectivity index (χ4n) is 5.41. The average Bonchev–Trinajstić information content (AvgIpc) is 3.09. The quantitative estimate of drug-likeness (QED) is 0.226. The zero-order chi connectivity index (χ0) is 32.7. The second kappa shape index (κ2) is 14.6. The van der Waals surface area contributed by atoms with Crippen LogP contribution in [-0.2, 0) is 22.6 Å². The molecule has 1 aliphatic rings. The van der Waals surface area contributed by atoms with Crippen LogP contribution in [-0.4, -0.2) is 82.0 Å². The number of nitrogens with one attached hydrogen (secondary N) is 1. The highest BCUT2D eigenvalue weighted by molar-refractivity contribution is 6.20. The molecule has 10 nitrogen and oxygen atoms in total. The molecule has 0 atom stereocenters. The fraction of sp³-hybridized carbons (Fsp3) is 0.429. The summed E-state index contributed by atoms with van der Waals surface area (Å²) in [6.07, 6.45) is 3.35. The maximum Gasteiger partial charge on any atom is 0.253 e. The van der Waals surface area contributed by atoms with E-state index in [9.17, 15) is 14.4 Å². The number of carbonyl (C=O) groups is 3. The van der Waals surface area contributed by atoms with E-state index in [1.54, 1.807) is 35.6 Å². The standard InChI is InChI=1S/C35H46N6O4/c1-8-41-30-15-14-29(23-31(30)40(7)33(43)35(2,3)34(41)44)45-20-10-12-27-21-25(16-17-37-27)24-36-18-19-39(6)32(42)26-11-9-13-28(22-26)38(4)5/h9,11,13-17,21-23,36H,8,10,12,18-20,24H2,1-7H3. The van der Waals surface area contributed by atoms with E-state index >= 15 is 0 Å². The summed E-state index contributed by atoms with van der Waals surface area (Å²) < 4.78 is 6.05. The molecule has 0 saturated carbocycles. The zero-order valence-electron chi connectivity index (χ0n) is 27.6. The Labute approximate surface area is 267 Å². The van der Waals surface area contributed by atoms with E-state index in [0.717, 1.165) is 29.8 Å². The number of carbonyl (C=O) groups excluding carboxylic acids is 3. The Morgan fingerprint density at radius 3 is 2.51 bits per heavy atom. The number of anilines is 3. The van der Waals surface area contributed by atoms with E-state index in [4.69, 9.17) is 4.74 Å². The summed E-state index contributed by atoms with van der Waals surface area (Å²) in [4.78, 5) is 50.5. The third-order valence-electron chi connectivity index (χ3n) is 8.17. The summed E-state index contributed by atoms with van der Waals surface area (Å²) in [5, 5.41) is 3.43. The van der Waals surface area contributed by atoms with Crippen LogP contribution in [0.2, 0.25) is 0 Å². The molecule has 0 bridgehead atoms. The van der Waals surface area contributed by atoms with E-state index in [2.05, 4.69) is 16.4 Å². The highest BCUT2D eigenvalue weighted by atomic mass is 16.5. The van der Waals surface area contributed by atoms with Gasteiger partial charge in [-0.2, -0.15) is 0 Å². The normalized spacial score (nSPS) is 14.2. The van der Waals surface area contributed by atoms with Crippen molar-refractivity contribution < 1.29 is 19.1 Å². The first-order chi connectivity index (χ1) is 21.4. The maximum atomic E-state index is 13.1. The molecule has 0 radical (unpaired) electrons. The minimum atomic E-state index is -1.14. The van der Waals surface area contributed by atoms with Crippen molar-refractivity contribution >= 4 is 34.8 Å². The molecule has 0 unspecified atom stereocenters. The van der Waals surface area contributed by atoms with Crippen LogP contribution in [0.1, 0.15) is 48.8 Å². The van der Waals surface area contributed by atoms with Gasteiger partial charge in [0.15, 0.2) is 0 Å². The Morgan fingerprint density at radius 1 is 1.00 bits per heavy atom. The zero-order valence-corrected chi connectivity index (χ0v) is 27.6. The molecule has 1 aromatic heterocycles. The van der Waals surface area contributed by atoms with Crippen LogP contribution >= 0.6 is 0 Å². The molecule has 3 amide bonds. The lowest BCUT2D eigenvalue weighted by molar-refractivity contribution is -0.137. The highest BCUT2D eigenvalue weighted by Crippen LogP contribution is 2.40. The minimum absolute atomic E-state index is 0.00212. The molecule has 45 heavy (non-hydrogen) atoms. The monoisotopic (exact) mass is 614 g/mol. The van der Waals surface area contributed by atoms with Crippen molar-refractivity contribution in [2.75, 3.05) is 69.1 Å². The highest BCUT2D eigenvalue weighted by Gasteiger charge is 2.45. The number of hydrogen-bond acceptors (Lipinski definition) is 7. The second-order valence-corrected chi connectivity index (χ2v) is 12.1. The van der Waals surface area contributed by atoms with E-state index in [-0.39, 0.29) is 17.7 Å². The molecule has 0 spiro atoms. The number of aryl methyl sites for hydroxylation is 1. The molecule has 2 heterocycles. The SMILES string of the molecule is CCN1C(=O)C(C)(C)C(=O)N(C)c2cc(OCCCc3cc(CNCCN(C)C(=O)c4cccc(N(C)C)c4)ccn3)ccc21. The number of aromatic nitrogens is 1. The number of amides is 3. The van der Waals surface area contributed by atoms with Crippen molar-refractivity contribution in [3.63, 3.8) is 0 Å². The van der Waals surface area contributed by atoms with Gasteiger partial charge in [-0.3, -0.25) is 19.4 Å².